The van der Waals surface area contributed by atoms with E-state index in [0.29, 0.717) is 18.0 Å². The first-order chi connectivity index (χ1) is 9.91. The molecule has 1 amide bonds. The molecule has 0 bridgehead atoms. The summed E-state index contributed by atoms with van der Waals surface area (Å²) >= 11 is 5.86. The van der Waals surface area contributed by atoms with E-state index in [2.05, 4.69) is 5.32 Å². The Hall–Kier alpha value is -1.31. The lowest BCUT2D eigenvalue weighted by Gasteiger charge is -2.33. The Morgan fingerprint density at radius 2 is 2.19 bits per heavy atom. The number of benzene rings is 1. The quantitative estimate of drug-likeness (QED) is 0.900. The van der Waals surface area contributed by atoms with Gasteiger partial charge in [-0.1, -0.05) is 18.5 Å². The maximum atomic E-state index is 12.8. The number of ether oxygens (including phenoxy) is 1. The van der Waals surface area contributed by atoms with Crippen LogP contribution in [0.2, 0.25) is 5.02 Å². The minimum Gasteiger partial charge on any atom is -0.495 e. The van der Waals surface area contributed by atoms with Gasteiger partial charge in [-0.05, 0) is 18.6 Å². The Morgan fingerprint density at radius 1 is 1.48 bits per heavy atom. The van der Waals surface area contributed by atoms with E-state index >= 15 is 0 Å². The van der Waals surface area contributed by atoms with Crippen LogP contribution in [0.4, 0.5) is 0 Å². The fourth-order valence-corrected chi connectivity index (χ4v) is 4.31. The molecule has 0 spiro atoms. The third kappa shape index (κ3) is 3.00. The van der Waals surface area contributed by atoms with Crippen molar-refractivity contribution >= 4 is 27.5 Å². The van der Waals surface area contributed by atoms with E-state index in [-0.39, 0.29) is 23.1 Å². The van der Waals surface area contributed by atoms with Gasteiger partial charge < -0.3 is 10.1 Å². The molecule has 0 aliphatic carbocycles. The number of halogens is 1. The summed E-state index contributed by atoms with van der Waals surface area (Å²) in [5, 5.41) is 3.06. The standard InChI is InChI=1S/C13H17ClN2O4S/c1-3-10-13(17)15-6-7-16(10)21(18,19)12-5-4-9(14)8-11(12)20-2/h4-5,8,10H,3,6-7H2,1-2H3,(H,15,17). The molecule has 8 heteroatoms. The van der Waals surface area contributed by atoms with Crippen LogP contribution in [0.15, 0.2) is 23.1 Å². The number of hydrogen-bond acceptors (Lipinski definition) is 4. The van der Waals surface area contributed by atoms with Gasteiger partial charge in [0.1, 0.15) is 16.7 Å². The molecule has 1 fully saturated rings. The largest absolute Gasteiger partial charge is 0.495 e. The molecule has 0 saturated carbocycles. The molecular weight excluding hydrogens is 316 g/mol. The summed E-state index contributed by atoms with van der Waals surface area (Å²) in [7, 11) is -2.45. The minimum atomic E-state index is -3.83. The number of rotatable bonds is 4. The molecule has 1 heterocycles. The van der Waals surface area contributed by atoms with Crippen molar-refractivity contribution in [2.24, 2.45) is 0 Å². The van der Waals surface area contributed by atoms with Gasteiger partial charge in [0.25, 0.3) is 0 Å². The molecular formula is C13H17ClN2O4S. The lowest BCUT2D eigenvalue weighted by molar-refractivity contribution is -0.126. The van der Waals surface area contributed by atoms with E-state index < -0.39 is 16.1 Å². The van der Waals surface area contributed by atoms with Gasteiger partial charge in [0.05, 0.1) is 7.11 Å². The molecule has 6 nitrogen and oxygen atoms in total. The monoisotopic (exact) mass is 332 g/mol. The number of piperazine rings is 1. The molecule has 1 aliphatic rings. The second-order valence-electron chi connectivity index (χ2n) is 4.63. The molecule has 1 aromatic rings. The van der Waals surface area contributed by atoms with E-state index in [0.717, 1.165) is 0 Å². The summed E-state index contributed by atoms with van der Waals surface area (Å²) in [4.78, 5) is 11.9. The topological polar surface area (TPSA) is 75.7 Å². The summed E-state index contributed by atoms with van der Waals surface area (Å²) in [5.41, 5.74) is 0. The Balaban J connectivity index is 2.48. The Labute approximate surface area is 129 Å². The Bertz CT molecular complexity index is 648. The van der Waals surface area contributed by atoms with Gasteiger partial charge in [-0.2, -0.15) is 4.31 Å². The second kappa shape index (κ2) is 6.21. The summed E-state index contributed by atoms with van der Waals surface area (Å²) in [6, 6.07) is 3.63. The van der Waals surface area contributed by atoms with E-state index in [1.165, 1.54) is 29.6 Å². The molecule has 116 valence electrons. The van der Waals surface area contributed by atoms with Crippen molar-refractivity contribution in [1.29, 1.82) is 0 Å². The fourth-order valence-electron chi connectivity index (χ4n) is 2.35. The molecule has 21 heavy (non-hydrogen) atoms. The van der Waals surface area contributed by atoms with Gasteiger partial charge in [0, 0.05) is 24.2 Å². The van der Waals surface area contributed by atoms with Crippen LogP contribution < -0.4 is 10.1 Å². The van der Waals surface area contributed by atoms with E-state index in [4.69, 9.17) is 16.3 Å². The van der Waals surface area contributed by atoms with Gasteiger partial charge in [0.2, 0.25) is 15.9 Å². The molecule has 0 aromatic heterocycles. The number of amides is 1. The first kappa shape index (κ1) is 16.1. The highest BCUT2D eigenvalue weighted by Gasteiger charge is 2.38. The molecule has 1 N–H and O–H groups in total. The Kier molecular flexibility index (Phi) is 4.75. The van der Waals surface area contributed by atoms with Gasteiger partial charge in [-0.3, -0.25) is 4.79 Å². The zero-order valence-electron chi connectivity index (χ0n) is 11.8. The number of hydrogen-bond donors (Lipinski definition) is 1. The smallest absolute Gasteiger partial charge is 0.247 e. The van der Waals surface area contributed by atoms with Crippen LogP contribution in [0.5, 0.6) is 5.75 Å². The summed E-state index contributed by atoms with van der Waals surface area (Å²) in [5.74, 6) is -0.108. The van der Waals surface area contributed by atoms with Gasteiger partial charge in [-0.15, -0.1) is 0 Å². The maximum Gasteiger partial charge on any atom is 0.247 e. The van der Waals surface area contributed by atoms with Crippen molar-refractivity contribution in [3.8, 4) is 5.75 Å². The highest BCUT2D eigenvalue weighted by molar-refractivity contribution is 7.89. The zero-order valence-corrected chi connectivity index (χ0v) is 13.4. The van der Waals surface area contributed by atoms with Crippen LogP contribution in [0.3, 0.4) is 0 Å². The molecule has 1 aliphatic heterocycles. The molecule has 2 rings (SSSR count). The molecule has 1 atom stereocenters. The van der Waals surface area contributed by atoms with Crippen molar-refractivity contribution in [3.05, 3.63) is 23.2 Å². The second-order valence-corrected chi connectivity index (χ2v) is 6.92. The van der Waals surface area contributed by atoms with Gasteiger partial charge in [-0.25, -0.2) is 8.42 Å². The van der Waals surface area contributed by atoms with Crippen molar-refractivity contribution in [2.75, 3.05) is 20.2 Å². The predicted octanol–water partition coefficient (Wildman–Crippen LogP) is 1.25. The SMILES string of the molecule is CCC1C(=O)NCCN1S(=O)(=O)c1ccc(Cl)cc1OC. The first-order valence-corrected chi connectivity index (χ1v) is 8.36. The van der Waals surface area contributed by atoms with Gasteiger partial charge >= 0.3 is 0 Å². The zero-order chi connectivity index (χ0) is 15.6. The van der Waals surface area contributed by atoms with Crippen LogP contribution in [-0.2, 0) is 14.8 Å². The normalized spacial score (nSPS) is 20.1. The van der Waals surface area contributed by atoms with Crippen LogP contribution in [0.1, 0.15) is 13.3 Å². The molecule has 1 aromatic carbocycles. The van der Waals surface area contributed by atoms with E-state index in [1.54, 1.807) is 6.92 Å². The fraction of sp³-hybridized carbons (Fsp3) is 0.462. The highest BCUT2D eigenvalue weighted by atomic mass is 35.5. The van der Waals surface area contributed by atoms with Crippen molar-refractivity contribution in [1.82, 2.24) is 9.62 Å². The molecule has 0 radical (unpaired) electrons. The highest BCUT2D eigenvalue weighted by Crippen LogP contribution is 2.31. The minimum absolute atomic E-state index is 0.0163. The molecule has 1 unspecified atom stereocenters. The van der Waals surface area contributed by atoms with Crippen LogP contribution in [0.25, 0.3) is 0 Å². The predicted molar refractivity (Wildman–Crippen MR) is 79.0 cm³/mol. The number of nitrogens with one attached hydrogen (secondary N) is 1. The van der Waals surface area contributed by atoms with E-state index in [1.807, 2.05) is 0 Å². The summed E-state index contributed by atoms with van der Waals surface area (Å²) < 4.78 is 32.0. The average molecular weight is 333 g/mol. The number of carbonyl (C=O) groups excluding carboxylic acids is 1. The van der Waals surface area contributed by atoms with Crippen molar-refractivity contribution in [3.63, 3.8) is 0 Å². The average Bonchev–Trinajstić information content (AvgIpc) is 2.46. The van der Waals surface area contributed by atoms with Crippen LogP contribution >= 0.6 is 11.6 Å². The van der Waals surface area contributed by atoms with Gasteiger partial charge in [0.15, 0.2) is 0 Å². The number of methoxy groups -OCH3 is 1. The third-order valence-electron chi connectivity index (χ3n) is 3.38. The summed E-state index contributed by atoms with van der Waals surface area (Å²) in [6.45, 7) is 2.31. The van der Waals surface area contributed by atoms with Crippen molar-refractivity contribution < 1.29 is 17.9 Å². The lowest BCUT2D eigenvalue weighted by Crippen LogP contribution is -2.56. The summed E-state index contributed by atoms with van der Waals surface area (Å²) in [6.07, 6.45) is 0.404. The van der Waals surface area contributed by atoms with E-state index in [9.17, 15) is 13.2 Å². The number of nitrogens with zero attached hydrogens (tertiary/aromatic N) is 1. The molecule has 1 saturated heterocycles. The lowest BCUT2D eigenvalue weighted by atomic mass is 10.2. The first-order valence-electron chi connectivity index (χ1n) is 6.55. The Morgan fingerprint density at radius 3 is 2.81 bits per heavy atom. The number of sulfonamides is 1. The van der Waals surface area contributed by atoms with Crippen molar-refractivity contribution in [2.45, 2.75) is 24.3 Å². The van der Waals surface area contributed by atoms with Crippen LogP contribution in [-0.4, -0.2) is 44.9 Å². The third-order valence-corrected chi connectivity index (χ3v) is 5.56. The number of carbonyl (C=O) groups is 1. The maximum absolute atomic E-state index is 12.8. The van der Waals surface area contributed by atoms with Crippen LogP contribution in [0, 0.1) is 0 Å².